The number of nitrogens with one attached hydrogen (secondary N) is 1. The molecule has 1 aliphatic rings. The number of thiazole rings is 1. The largest absolute Gasteiger partial charge is 0.378 e. The summed E-state index contributed by atoms with van der Waals surface area (Å²) in [5.41, 5.74) is 3.27. The van der Waals surface area contributed by atoms with Gasteiger partial charge >= 0.3 is 0 Å². The van der Waals surface area contributed by atoms with Crippen LogP contribution in [0.25, 0.3) is 10.6 Å². The molecule has 3 aromatic rings. The summed E-state index contributed by atoms with van der Waals surface area (Å²) in [5.74, 6) is -0.191. The standard InChI is InChI=1S/C20H19N3O2S/c24-19(17-14-26-20(22-17)15-6-2-1-3-7-15)21-16-8-4-5-9-18(16)23-10-12-25-13-11-23/h1-9,14H,10-13H2,(H,21,24). The Labute approximate surface area is 156 Å². The predicted octanol–water partition coefficient (Wildman–Crippen LogP) is 3.90. The van der Waals surface area contributed by atoms with Gasteiger partial charge in [0.15, 0.2) is 0 Å². The first-order valence-electron chi connectivity index (χ1n) is 8.55. The highest BCUT2D eigenvalue weighted by atomic mass is 32.1. The molecule has 0 atom stereocenters. The van der Waals surface area contributed by atoms with Crippen molar-refractivity contribution in [2.75, 3.05) is 36.5 Å². The number of aromatic nitrogens is 1. The lowest BCUT2D eigenvalue weighted by atomic mass is 10.2. The molecular weight excluding hydrogens is 346 g/mol. The fourth-order valence-electron chi connectivity index (χ4n) is 2.94. The molecule has 0 bridgehead atoms. The van der Waals surface area contributed by atoms with Crippen LogP contribution in [0.3, 0.4) is 0 Å². The minimum atomic E-state index is -0.191. The van der Waals surface area contributed by atoms with E-state index in [9.17, 15) is 4.79 Å². The maximum atomic E-state index is 12.7. The second-order valence-electron chi connectivity index (χ2n) is 5.97. The van der Waals surface area contributed by atoms with E-state index in [0.717, 1.165) is 35.0 Å². The van der Waals surface area contributed by atoms with E-state index in [1.165, 1.54) is 11.3 Å². The molecule has 2 aromatic carbocycles. The molecule has 0 unspecified atom stereocenters. The second-order valence-corrected chi connectivity index (χ2v) is 6.83. The molecule has 1 aromatic heterocycles. The van der Waals surface area contributed by atoms with E-state index in [1.807, 2.05) is 54.6 Å². The summed E-state index contributed by atoms with van der Waals surface area (Å²) in [6.45, 7) is 3.05. The number of ether oxygens (including phenoxy) is 1. The smallest absolute Gasteiger partial charge is 0.275 e. The van der Waals surface area contributed by atoms with Crippen molar-refractivity contribution in [1.82, 2.24) is 4.98 Å². The summed E-state index contributed by atoms with van der Waals surface area (Å²) in [6.07, 6.45) is 0. The SMILES string of the molecule is O=C(Nc1ccccc1N1CCOCC1)c1csc(-c2ccccc2)n1. The summed E-state index contributed by atoms with van der Waals surface area (Å²) >= 11 is 1.47. The number of para-hydroxylation sites is 2. The van der Waals surface area contributed by atoms with Crippen LogP contribution in [0.5, 0.6) is 0 Å². The van der Waals surface area contributed by atoms with Crippen LogP contribution in [0.2, 0.25) is 0 Å². The van der Waals surface area contributed by atoms with Gasteiger partial charge in [-0.05, 0) is 12.1 Å². The van der Waals surface area contributed by atoms with E-state index in [1.54, 1.807) is 5.38 Å². The van der Waals surface area contributed by atoms with Crippen molar-refractivity contribution >= 4 is 28.6 Å². The Morgan fingerprint density at radius 2 is 1.77 bits per heavy atom. The van der Waals surface area contributed by atoms with Crippen molar-refractivity contribution in [3.8, 4) is 10.6 Å². The van der Waals surface area contributed by atoms with Crippen molar-refractivity contribution in [3.63, 3.8) is 0 Å². The molecule has 1 aliphatic heterocycles. The molecule has 1 N–H and O–H groups in total. The summed E-state index contributed by atoms with van der Waals surface area (Å²) in [5, 5.41) is 5.66. The van der Waals surface area contributed by atoms with E-state index >= 15 is 0 Å². The highest BCUT2D eigenvalue weighted by molar-refractivity contribution is 7.13. The zero-order chi connectivity index (χ0) is 17.8. The van der Waals surface area contributed by atoms with Crippen LogP contribution in [0, 0.1) is 0 Å². The Kier molecular flexibility index (Phi) is 4.95. The van der Waals surface area contributed by atoms with Gasteiger partial charge in [0.2, 0.25) is 0 Å². The van der Waals surface area contributed by atoms with Crippen LogP contribution in [-0.4, -0.2) is 37.2 Å². The Morgan fingerprint density at radius 1 is 1.04 bits per heavy atom. The third kappa shape index (κ3) is 3.61. The van der Waals surface area contributed by atoms with Crippen LogP contribution in [0.4, 0.5) is 11.4 Å². The average Bonchev–Trinajstić information content (AvgIpc) is 3.20. The van der Waals surface area contributed by atoms with E-state index in [4.69, 9.17) is 4.74 Å². The lowest BCUT2D eigenvalue weighted by molar-refractivity contribution is 0.102. The molecule has 6 heteroatoms. The zero-order valence-corrected chi connectivity index (χ0v) is 15.0. The highest BCUT2D eigenvalue weighted by Crippen LogP contribution is 2.28. The van der Waals surface area contributed by atoms with Crippen molar-refractivity contribution in [2.24, 2.45) is 0 Å². The first kappa shape index (κ1) is 16.8. The van der Waals surface area contributed by atoms with E-state index in [0.29, 0.717) is 18.9 Å². The average molecular weight is 365 g/mol. The Bertz CT molecular complexity index is 889. The predicted molar refractivity (Wildman–Crippen MR) is 105 cm³/mol. The van der Waals surface area contributed by atoms with Crippen molar-refractivity contribution in [1.29, 1.82) is 0 Å². The number of anilines is 2. The molecule has 5 nitrogen and oxygen atoms in total. The molecule has 0 radical (unpaired) electrons. The third-order valence-electron chi connectivity index (χ3n) is 4.26. The molecule has 4 rings (SSSR count). The maximum Gasteiger partial charge on any atom is 0.275 e. The Balaban J connectivity index is 1.53. The van der Waals surface area contributed by atoms with Gasteiger partial charge in [0.05, 0.1) is 24.6 Å². The normalized spacial score (nSPS) is 14.2. The monoisotopic (exact) mass is 365 g/mol. The third-order valence-corrected chi connectivity index (χ3v) is 5.15. The van der Waals surface area contributed by atoms with E-state index in [-0.39, 0.29) is 5.91 Å². The summed E-state index contributed by atoms with van der Waals surface area (Å²) in [7, 11) is 0. The number of rotatable bonds is 4. The molecule has 1 fully saturated rings. The molecule has 0 saturated carbocycles. The number of amides is 1. The second kappa shape index (κ2) is 7.68. The van der Waals surface area contributed by atoms with Gasteiger partial charge in [-0.15, -0.1) is 11.3 Å². The maximum absolute atomic E-state index is 12.7. The number of nitrogens with zero attached hydrogens (tertiary/aromatic N) is 2. The van der Waals surface area contributed by atoms with Crippen molar-refractivity contribution in [2.45, 2.75) is 0 Å². The minimum Gasteiger partial charge on any atom is -0.378 e. The summed E-state index contributed by atoms with van der Waals surface area (Å²) in [4.78, 5) is 19.4. The molecule has 1 saturated heterocycles. The fourth-order valence-corrected chi connectivity index (χ4v) is 3.74. The number of carbonyl (C=O) groups excluding carboxylic acids is 1. The Morgan fingerprint density at radius 3 is 2.58 bits per heavy atom. The van der Waals surface area contributed by atoms with Gasteiger partial charge in [-0.2, -0.15) is 0 Å². The van der Waals surface area contributed by atoms with Gasteiger partial charge in [-0.3, -0.25) is 4.79 Å². The van der Waals surface area contributed by atoms with Crippen LogP contribution in [-0.2, 0) is 4.74 Å². The van der Waals surface area contributed by atoms with Crippen LogP contribution >= 0.6 is 11.3 Å². The highest BCUT2D eigenvalue weighted by Gasteiger charge is 2.17. The first-order chi connectivity index (χ1) is 12.8. The Hall–Kier alpha value is -2.70. The number of hydrogen-bond acceptors (Lipinski definition) is 5. The molecule has 132 valence electrons. The molecule has 0 aliphatic carbocycles. The number of morpholine rings is 1. The lowest BCUT2D eigenvalue weighted by Crippen LogP contribution is -2.36. The number of hydrogen-bond donors (Lipinski definition) is 1. The van der Waals surface area contributed by atoms with Gasteiger partial charge in [-0.1, -0.05) is 42.5 Å². The summed E-state index contributed by atoms with van der Waals surface area (Å²) < 4.78 is 5.42. The van der Waals surface area contributed by atoms with Gasteiger partial charge in [0.1, 0.15) is 10.7 Å². The molecular formula is C20H19N3O2S. The fraction of sp³-hybridized carbons (Fsp3) is 0.200. The van der Waals surface area contributed by atoms with Crippen LogP contribution in [0.15, 0.2) is 60.0 Å². The van der Waals surface area contributed by atoms with Crippen molar-refractivity contribution < 1.29 is 9.53 Å². The number of benzene rings is 2. The molecule has 0 spiro atoms. The first-order valence-corrected chi connectivity index (χ1v) is 9.43. The molecule has 1 amide bonds. The van der Waals surface area contributed by atoms with Gasteiger partial charge in [0.25, 0.3) is 5.91 Å². The minimum absolute atomic E-state index is 0.191. The van der Waals surface area contributed by atoms with Crippen molar-refractivity contribution in [3.05, 3.63) is 65.7 Å². The number of carbonyl (C=O) groups is 1. The zero-order valence-electron chi connectivity index (χ0n) is 14.2. The van der Waals surface area contributed by atoms with Crippen LogP contribution < -0.4 is 10.2 Å². The van der Waals surface area contributed by atoms with E-state index < -0.39 is 0 Å². The van der Waals surface area contributed by atoms with E-state index in [2.05, 4.69) is 15.2 Å². The van der Waals surface area contributed by atoms with Gasteiger partial charge in [-0.25, -0.2) is 4.98 Å². The molecule has 2 heterocycles. The topological polar surface area (TPSA) is 54.5 Å². The van der Waals surface area contributed by atoms with Crippen LogP contribution in [0.1, 0.15) is 10.5 Å². The quantitative estimate of drug-likeness (QED) is 0.762. The summed E-state index contributed by atoms with van der Waals surface area (Å²) in [6, 6.07) is 17.7. The molecule has 26 heavy (non-hydrogen) atoms. The van der Waals surface area contributed by atoms with Gasteiger partial charge < -0.3 is 15.0 Å². The van der Waals surface area contributed by atoms with Gasteiger partial charge in [0, 0.05) is 24.0 Å². The lowest BCUT2D eigenvalue weighted by Gasteiger charge is -2.30.